The molecule has 0 fully saturated rings. The molecule has 0 amide bonds. The van der Waals surface area contributed by atoms with Gasteiger partial charge in [-0.05, 0) is 23.6 Å². The van der Waals surface area contributed by atoms with Crippen molar-refractivity contribution in [2.24, 2.45) is 5.73 Å². The van der Waals surface area contributed by atoms with Crippen LogP contribution in [0.5, 0.6) is 0 Å². The van der Waals surface area contributed by atoms with E-state index in [1.165, 1.54) is 5.56 Å². The Kier molecular flexibility index (Phi) is 5.84. The van der Waals surface area contributed by atoms with E-state index in [0.29, 0.717) is 6.54 Å². The zero-order valence-electron chi connectivity index (χ0n) is 15.1. The van der Waals surface area contributed by atoms with Gasteiger partial charge in [-0.1, -0.05) is 90.5 Å². The summed E-state index contributed by atoms with van der Waals surface area (Å²) in [5.74, 6) is 0. The standard InChI is InChI=1S/C23H26N2O/c1-18-12-14-21(15-13-18)23(25-17-22(26)16-24,19-8-4-2-5-9-19)20-10-6-3-7-11-20/h2-15,22,25-26H,16-17,24H2,1H3. The van der Waals surface area contributed by atoms with Gasteiger partial charge in [-0.15, -0.1) is 0 Å². The third-order valence-electron chi connectivity index (χ3n) is 4.77. The first kappa shape index (κ1) is 18.3. The average Bonchev–Trinajstić information content (AvgIpc) is 2.71. The van der Waals surface area contributed by atoms with Crippen molar-refractivity contribution in [2.75, 3.05) is 13.1 Å². The third-order valence-corrected chi connectivity index (χ3v) is 4.77. The van der Waals surface area contributed by atoms with E-state index in [4.69, 9.17) is 5.73 Å². The van der Waals surface area contributed by atoms with E-state index in [0.717, 1.165) is 16.7 Å². The Morgan fingerprint density at radius 3 is 1.73 bits per heavy atom. The summed E-state index contributed by atoms with van der Waals surface area (Å²) in [6, 6.07) is 29.2. The minimum atomic E-state index is -0.604. The molecule has 0 aliphatic heterocycles. The van der Waals surface area contributed by atoms with Crippen molar-refractivity contribution in [1.29, 1.82) is 0 Å². The molecule has 0 aliphatic rings. The van der Waals surface area contributed by atoms with E-state index in [1.54, 1.807) is 0 Å². The van der Waals surface area contributed by atoms with Gasteiger partial charge in [0.2, 0.25) is 0 Å². The number of hydrogen-bond acceptors (Lipinski definition) is 3. The van der Waals surface area contributed by atoms with Crippen molar-refractivity contribution in [2.45, 2.75) is 18.6 Å². The Balaban J connectivity index is 2.21. The molecule has 1 unspecified atom stereocenters. The highest BCUT2D eigenvalue weighted by molar-refractivity contribution is 5.49. The lowest BCUT2D eigenvalue weighted by Crippen LogP contribution is -2.48. The summed E-state index contributed by atoms with van der Waals surface area (Å²) >= 11 is 0. The second kappa shape index (κ2) is 8.28. The van der Waals surface area contributed by atoms with Crippen LogP contribution in [-0.2, 0) is 5.54 Å². The number of aryl methyl sites for hydroxylation is 1. The van der Waals surface area contributed by atoms with Crippen LogP contribution in [0.3, 0.4) is 0 Å². The molecule has 0 saturated carbocycles. The van der Waals surface area contributed by atoms with Gasteiger partial charge in [-0.25, -0.2) is 0 Å². The second-order valence-corrected chi connectivity index (χ2v) is 6.62. The maximum absolute atomic E-state index is 10.1. The quantitative estimate of drug-likeness (QED) is 0.576. The average molecular weight is 346 g/mol. The molecule has 3 aromatic rings. The van der Waals surface area contributed by atoms with E-state index in [9.17, 15) is 5.11 Å². The van der Waals surface area contributed by atoms with E-state index in [-0.39, 0.29) is 6.54 Å². The summed E-state index contributed by atoms with van der Waals surface area (Å²) in [5, 5.41) is 13.7. The van der Waals surface area contributed by atoms with Gasteiger partial charge in [0.1, 0.15) is 0 Å². The summed E-state index contributed by atoms with van der Waals surface area (Å²) in [6.45, 7) is 2.71. The minimum Gasteiger partial charge on any atom is -0.390 e. The maximum Gasteiger partial charge on any atom is 0.0948 e. The number of aliphatic hydroxyl groups is 1. The highest BCUT2D eigenvalue weighted by Gasteiger charge is 2.36. The predicted molar refractivity (Wildman–Crippen MR) is 107 cm³/mol. The van der Waals surface area contributed by atoms with Crippen molar-refractivity contribution in [3.05, 3.63) is 107 Å². The largest absolute Gasteiger partial charge is 0.390 e. The number of nitrogens with two attached hydrogens (primary N) is 1. The van der Waals surface area contributed by atoms with Gasteiger partial charge < -0.3 is 10.8 Å². The highest BCUT2D eigenvalue weighted by atomic mass is 16.3. The molecule has 0 saturated heterocycles. The first-order valence-corrected chi connectivity index (χ1v) is 8.98. The third kappa shape index (κ3) is 3.70. The summed E-state index contributed by atoms with van der Waals surface area (Å²) in [7, 11) is 0. The van der Waals surface area contributed by atoms with Gasteiger partial charge in [0, 0.05) is 13.1 Å². The Hall–Kier alpha value is -2.46. The van der Waals surface area contributed by atoms with Crippen LogP contribution in [0.15, 0.2) is 84.9 Å². The van der Waals surface area contributed by atoms with Crippen molar-refractivity contribution in [1.82, 2.24) is 5.32 Å². The van der Waals surface area contributed by atoms with Crippen LogP contribution in [0, 0.1) is 6.92 Å². The lowest BCUT2D eigenvalue weighted by Gasteiger charge is -2.38. The molecule has 3 heteroatoms. The lowest BCUT2D eigenvalue weighted by atomic mass is 9.76. The first-order chi connectivity index (χ1) is 12.7. The van der Waals surface area contributed by atoms with E-state index >= 15 is 0 Å². The van der Waals surface area contributed by atoms with Gasteiger partial charge >= 0.3 is 0 Å². The molecule has 26 heavy (non-hydrogen) atoms. The van der Waals surface area contributed by atoms with Gasteiger partial charge in [0.25, 0.3) is 0 Å². The van der Waals surface area contributed by atoms with Crippen LogP contribution in [-0.4, -0.2) is 24.3 Å². The highest BCUT2D eigenvalue weighted by Crippen LogP contribution is 2.36. The molecule has 3 rings (SSSR count). The molecule has 1 atom stereocenters. The van der Waals surface area contributed by atoms with Crippen molar-refractivity contribution in [3.63, 3.8) is 0 Å². The van der Waals surface area contributed by atoms with Crippen LogP contribution in [0.1, 0.15) is 22.3 Å². The fourth-order valence-electron chi connectivity index (χ4n) is 3.34. The van der Waals surface area contributed by atoms with Crippen LogP contribution >= 0.6 is 0 Å². The monoisotopic (exact) mass is 346 g/mol. The SMILES string of the molecule is Cc1ccc(C(NCC(O)CN)(c2ccccc2)c2ccccc2)cc1. The maximum atomic E-state index is 10.1. The zero-order valence-corrected chi connectivity index (χ0v) is 15.1. The van der Waals surface area contributed by atoms with Crippen molar-refractivity contribution < 1.29 is 5.11 Å². The predicted octanol–water partition coefficient (Wildman–Crippen LogP) is 3.20. The normalized spacial score (nSPS) is 12.7. The summed E-state index contributed by atoms with van der Waals surface area (Å²) < 4.78 is 0. The van der Waals surface area contributed by atoms with E-state index in [2.05, 4.69) is 60.8 Å². The van der Waals surface area contributed by atoms with Gasteiger partial charge in [-0.3, -0.25) is 5.32 Å². The molecule has 0 radical (unpaired) electrons. The van der Waals surface area contributed by atoms with Crippen LogP contribution in [0.2, 0.25) is 0 Å². The molecule has 0 bridgehead atoms. The van der Waals surface area contributed by atoms with Crippen molar-refractivity contribution >= 4 is 0 Å². The zero-order chi connectivity index (χ0) is 18.4. The van der Waals surface area contributed by atoms with Crippen LogP contribution < -0.4 is 11.1 Å². The summed E-state index contributed by atoms with van der Waals surface area (Å²) in [4.78, 5) is 0. The molecule has 4 N–H and O–H groups in total. The van der Waals surface area contributed by atoms with Crippen LogP contribution in [0.25, 0.3) is 0 Å². The fraction of sp³-hybridized carbons (Fsp3) is 0.217. The summed E-state index contributed by atoms with van der Waals surface area (Å²) in [6.07, 6.45) is -0.604. The molecule has 3 aromatic carbocycles. The fourth-order valence-corrected chi connectivity index (χ4v) is 3.34. The number of rotatable bonds is 7. The number of nitrogens with one attached hydrogen (secondary N) is 1. The second-order valence-electron chi connectivity index (χ2n) is 6.62. The van der Waals surface area contributed by atoms with Crippen LogP contribution in [0.4, 0.5) is 0 Å². The molecule has 134 valence electrons. The smallest absolute Gasteiger partial charge is 0.0948 e. The Morgan fingerprint density at radius 1 is 0.808 bits per heavy atom. The lowest BCUT2D eigenvalue weighted by molar-refractivity contribution is 0.171. The van der Waals surface area contributed by atoms with Gasteiger partial charge in [0.15, 0.2) is 0 Å². The number of aliphatic hydroxyl groups excluding tert-OH is 1. The number of benzene rings is 3. The molecule has 0 spiro atoms. The molecule has 3 nitrogen and oxygen atoms in total. The topological polar surface area (TPSA) is 58.3 Å². The van der Waals surface area contributed by atoms with Crippen molar-refractivity contribution in [3.8, 4) is 0 Å². The molecular formula is C23H26N2O. The van der Waals surface area contributed by atoms with Gasteiger partial charge in [0.05, 0.1) is 11.6 Å². The molecular weight excluding hydrogens is 320 g/mol. The van der Waals surface area contributed by atoms with Gasteiger partial charge in [-0.2, -0.15) is 0 Å². The van der Waals surface area contributed by atoms with E-state index in [1.807, 2.05) is 36.4 Å². The molecule has 0 aromatic heterocycles. The summed E-state index contributed by atoms with van der Waals surface area (Å²) in [5.41, 5.74) is 9.68. The number of hydrogen-bond donors (Lipinski definition) is 3. The Bertz CT molecular complexity index is 761. The Labute approximate surface area is 155 Å². The molecule has 0 heterocycles. The minimum absolute atomic E-state index is 0.223. The Morgan fingerprint density at radius 2 is 1.27 bits per heavy atom. The van der Waals surface area contributed by atoms with E-state index < -0.39 is 11.6 Å². The first-order valence-electron chi connectivity index (χ1n) is 8.98. The molecule has 0 aliphatic carbocycles.